The van der Waals surface area contributed by atoms with Crippen LogP contribution in [0.2, 0.25) is 0 Å². The number of para-hydroxylation sites is 1. The molecule has 0 spiro atoms. The topological polar surface area (TPSA) is 105 Å². The number of hydrogen-bond acceptors (Lipinski definition) is 6. The van der Waals surface area contributed by atoms with Crippen molar-refractivity contribution in [2.24, 2.45) is 0 Å². The Balaban J connectivity index is 2.10. The van der Waals surface area contributed by atoms with Gasteiger partial charge in [0.05, 0.1) is 16.0 Å². The Morgan fingerprint density at radius 2 is 2.00 bits per heavy atom. The van der Waals surface area contributed by atoms with Crippen LogP contribution in [0.5, 0.6) is 0 Å². The number of anilines is 1. The van der Waals surface area contributed by atoms with Gasteiger partial charge in [0.15, 0.2) is 5.13 Å². The lowest BCUT2D eigenvalue weighted by molar-refractivity contribution is -0.125. The molecule has 1 atom stereocenters. The molecule has 7 nitrogen and oxygen atoms in total. The maximum atomic E-state index is 12.3. The van der Waals surface area contributed by atoms with Gasteiger partial charge in [-0.1, -0.05) is 23.5 Å². The van der Waals surface area contributed by atoms with Gasteiger partial charge in [-0.15, -0.1) is 0 Å². The lowest BCUT2D eigenvalue weighted by Crippen LogP contribution is -2.43. The van der Waals surface area contributed by atoms with Gasteiger partial charge >= 0.3 is 0 Å². The largest absolute Gasteiger partial charge is 0.345 e. The van der Waals surface area contributed by atoms with Crippen molar-refractivity contribution in [1.29, 1.82) is 0 Å². The van der Waals surface area contributed by atoms with E-state index in [0.29, 0.717) is 5.13 Å². The second kappa shape index (κ2) is 7.05. The summed E-state index contributed by atoms with van der Waals surface area (Å²) in [6, 6.07) is 6.51. The monoisotopic (exact) mass is 355 g/mol. The van der Waals surface area contributed by atoms with Crippen LogP contribution in [-0.2, 0) is 19.4 Å². The molecule has 1 aromatic carbocycles. The predicted molar refractivity (Wildman–Crippen MR) is 90.2 cm³/mol. The number of hydrogen-bond donors (Lipinski definition) is 2. The highest BCUT2D eigenvalue weighted by atomic mass is 32.2. The van der Waals surface area contributed by atoms with Crippen LogP contribution in [-0.4, -0.2) is 43.3 Å². The molecule has 0 unspecified atom stereocenters. The molecule has 1 heterocycles. The molecule has 0 fully saturated rings. The minimum absolute atomic E-state index is 0.00907. The fourth-order valence-corrected chi connectivity index (χ4v) is 3.50. The third-order valence-corrected chi connectivity index (χ3v) is 4.92. The lowest BCUT2D eigenvalue weighted by atomic mass is 10.2. The van der Waals surface area contributed by atoms with E-state index in [1.54, 1.807) is 0 Å². The van der Waals surface area contributed by atoms with Gasteiger partial charge in [0.1, 0.15) is 15.9 Å². The highest BCUT2D eigenvalue weighted by Gasteiger charge is 2.22. The van der Waals surface area contributed by atoms with Crippen molar-refractivity contribution in [2.75, 3.05) is 17.3 Å². The zero-order valence-corrected chi connectivity index (χ0v) is 14.3. The minimum atomic E-state index is -3.23. The second-order valence-corrected chi connectivity index (χ2v) is 8.44. The van der Waals surface area contributed by atoms with Crippen LogP contribution in [0.25, 0.3) is 10.2 Å². The molecular weight excluding hydrogens is 338 g/mol. The van der Waals surface area contributed by atoms with E-state index >= 15 is 0 Å². The summed E-state index contributed by atoms with van der Waals surface area (Å²) in [7, 11) is -3.23. The molecule has 0 aliphatic carbocycles. The molecule has 2 aromatic rings. The molecule has 0 bridgehead atoms. The molecule has 2 rings (SSSR count). The number of nitrogens with one attached hydrogen (secondary N) is 2. The van der Waals surface area contributed by atoms with Crippen LogP contribution in [0.15, 0.2) is 24.3 Å². The first kappa shape index (κ1) is 17.4. The third-order valence-electron chi connectivity index (χ3n) is 3.00. The summed E-state index contributed by atoms with van der Waals surface area (Å²) >= 11 is 1.31. The Morgan fingerprint density at radius 1 is 1.30 bits per heavy atom. The number of benzene rings is 1. The molecule has 0 saturated heterocycles. The van der Waals surface area contributed by atoms with Crippen molar-refractivity contribution < 1.29 is 18.0 Å². The summed E-state index contributed by atoms with van der Waals surface area (Å²) in [6.45, 7) is 1.28. The summed E-state index contributed by atoms with van der Waals surface area (Å²) < 4.78 is 23.5. The summed E-state index contributed by atoms with van der Waals surface area (Å²) in [6.07, 6.45) is 1.10. The molecule has 2 amide bonds. The van der Waals surface area contributed by atoms with Gasteiger partial charge in [0.2, 0.25) is 11.8 Å². The number of thiazole rings is 1. The van der Waals surface area contributed by atoms with E-state index in [1.165, 1.54) is 18.3 Å². The van der Waals surface area contributed by atoms with E-state index in [-0.39, 0.29) is 12.2 Å². The van der Waals surface area contributed by atoms with Gasteiger partial charge in [-0.2, -0.15) is 0 Å². The fourth-order valence-electron chi connectivity index (χ4n) is 1.96. The van der Waals surface area contributed by atoms with Crippen molar-refractivity contribution >= 4 is 48.3 Å². The van der Waals surface area contributed by atoms with Crippen LogP contribution in [0.3, 0.4) is 0 Å². The number of sulfone groups is 1. The van der Waals surface area contributed by atoms with E-state index in [4.69, 9.17) is 0 Å². The Labute approximate surface area is 138 Å². The van der Waals surface area contributed by atoms with Crippen molar-refractivity contribution in [2.45, 2.75) is 19.4 Å². The quantitative estimate of drug-likeness (QED) is 0.809. The molecular formula is C14H17N3O4S2. The summed E-state index contributed by atoms with van der Waals surface area (Å²) in [5.74, 6) is -1.07. The number of fused-ring (bicyclic) bond motifs is 1. The fraction of sp³-hybridized carbons (Fsp3) is 0.357. The van der Waals surface area contributed by atoms with Gasteiger partial charge in [0, 0.05) is 13.2 Å². The Hall–Kier alpha value is -2.00. The minimum Gasteiger partial charge on any atom is -0.345 e. The molecule has 0 radical (unpaired) electrons. The number of carbonyl (C=O) groups excluding carboxylic acids is 2. The van der Waals surface area contributed by atoms with Crippen LogP contribution in [0.4, 0.5) is 5.13 Å². The van der Waals surface area contributed by atoms with E-state index < -0.39 is 27.7 Å². The standard InChI is InChI=1S/C14H17N3O4S2/c1-9(18)15-11(7-8-23(2,20)21)13(19)17-14-16-10-5-3-4-6-12(10)22-14/h3-6,11H,7-8H2,1-2H3,(H,15,18)(H,16,17,19)/t11-/m1/s1. The van der Waals surface area contributed by atoms with Crippen molar-refractivity contribution in [3.05, 3.63) is 24.3 Å². The van der Waals surface area contributed by atoms with Crippen LogP contribution < -0.4 is 10.6 Å². The van der Waals surface area contributed by atoms with E-state index in [1.807, 2.05) is 24.3 Å². The first-order valence-electron chi connectivity index (χ1n) is 6.86. The molecule has 0 aliphatic rings. The van der Waals surface area contributed by atoms with Crippen molar-refractivity contribution in [3.8, 4) is 0 Å². The average Bonchev–Trinajstić information content (AvgIpc) is 2.84. The number of carbonyl (C=O) groups is 2. The van der Waals surface area contributed by atoms with Crippen LogP contribution >= 0.6 is 11.3 Å². The number of rotatable bonds is 6. The third kappa shape index (κ3) is 5.29. The normalized spacial score (nSPS) is 12.8. The predicted octanol–water partition coefficient (Wildman–Crippen LogP) is 1.17. The average molecular weight is 355 g/mol. The number of aromatic nitrogens is 1. The van der Waals surface area contributed by atoms with E-state index in [9.17, 15) is 18.0 Å². The summed E-state index contributed by atoms with van der Waals surface area (Å²) in [5, 5.41) is 5.51. The first-order chi connectivity index (χ1) is 10.7. The van der Waals surface area contributed by atoms with Gasteiger partial charge in [-0.3, -0.25) is 9.59 Å². The van der Waals surface area contributed by atoms with Crippen LogP contribution in [0.1, 0.15) is 13.3 Å². The van der Waals surface area contributed by atoms with Crippen molar-refractivity contribution in [1.82, 2.24) is 10.3 Å². The Kier molecular flexibility index (Phi) is 5.32. The molecule has 0 aliphatic heterocycles. The summed E-state index contributed by atoms with van der Waals surface area (Å²) in [5.41, 5.74) is 0.764. The lowest BCUT2D eigenvalue weighted by Gasteiger charge is -2.16. The van der Waals surface area contributed by atoms with E-state index in [2.05, 4.69) is 15.6 Å². The smallest absolute Gasteiger partial charge is 0.248 e. The highest BCUT2D eigenvalue weighted by molar-refractivity contribution is 7.90. The van der Waals surface area contributed by atoms with Crippen LogP contribution in [0, 0.1) is 0 Å². The molecule has 2 N–H and O–H groups in total. The summed E-state index contributed by atoms with van der Waals surface area (Å²) in [4.78, 5) is 27.8. The van der Waals surface area contributed by atoms with E-state index in [0.717, 1.165) is 16.5 Å². The Bertz CT molecular complexity index is 796. The zero-order chi connectivity index (χ0) is 17.0. The second-order valence-electron chi connectivity index (χ2n) is 5.15. The van der Waals surface area contributed by atoms with Gasteiger partial charge in [-0.25, -0.2) is 13.4 Å². The number of nitrogens with zero attached hydrogens (tertiary/aromatic N) is 1. The van der Waals surface area contributed by atoms with Gasteiger partial charge < -0.3 is 10.6 Å². The Morgan fingerprint density at radius 3 is 2.61 bits per heavy atom. The highest BCUT2D eigenvalue weighted by Crippen LogP contribution is 2.25. The molecule has 124 valence electrons. The zero-order valence-electron chi connectivity index (χ0n) is 12.7. The molecule has 23 heavy (non-hydrogen) atoms. The molecule has 1 aromatic heterocycles. The molecule has 9 heteroatoms. The maximum absolute atomic E-state index is 12.3. The SMILES string of the molecule is CC(=O)N[C@H](CCS(C)(=O)=O)C(=O)Nc1nc2ccccc2s1. The van der Waals surface area contributed by atoms with Gasteiger partial charge in [-0.05, 0) is 18.6 Å². The molecule has 0 saturated carbocycles. The maximum Gasteiger partial charge on any atom is 0.248 e. The van der Waals surface area contributed by atoms with Gasteiger partial charge in [0.25, 0.3) is 0 Å². The van der Waals surface area contributed by atoms with Crippen molar-refractivity contribution in [3.63, 3.8) is 0 Å². The number of amides is 2. The first-order valence-corrected chi connectivity index (χ1v) is 9.73.